The number of aromatic amines is 1. The van der Waals surface area contributed by atoms with Crippen LogP contribution < -0.4 is 5.32 Å². The predicted octanol–water partition coefficient (Wildman–Crippen LogP) is 3.44. The number of anilines is 1. The number of fused-ring (bicyclic) bond motifs is 1. The maximum absolute atomic E-state index is 12.1. The van der Waals surface area contributed by atoms with Crippen LogP contribution in [0.5, 0.6) is 0 Å². The van der Waals surface area contributed by atoms with Crippen molar-refractivity contribution in [2.45, 2.75) is 6.92 Å². The third kappa shape index (κ3) is 3.26. The standard InChI is InChI=1S/C17H12ClN5O/c1-10-14(7-12(8-19)9-20-10)21-16(24)5-3-11-2-4-13-15(6-11)22-23-17(13)18/h2-7,9H,1H3,(H,21,24)(H,22,23)/b5-3+. The first kappa shape index (κ1) is 15.7. The number of halogens is 1. The van der Waals surface area contributed by atoms with Crippen molar-refractivity contribution in [3.05, 3.63) is 58.5 Å². The first-order chi connectivity index (χ1) is 11.6. The number of hydrogen-bond donors (Lipinski definition) is 2. The summed E-state index contributed by atoms with van der Waals surface area (Å²) in [7, 11) is 0. The zero-order valence-corrected chi connectivity index (χ0v) is 13.4. The summed E-state index contributed by atoms with van der Waals surface area (Å²) < 4.78 is 0. The number of H-pyrrole nitrogens is 1. The van der Waals surface area contributed by atoms with Gasteiger partial charge in [-0.3, -0.25) is 14.9 Å². The van der Waals surface area contributed by atoms with Crippen LogP contribution in [-0.4, -0.2) is 21.1 Å². The number of nitrogens with one attached hydrogen (secondary N) is 2. The lowest BCUT2D eigenvalue weighted by molar-refractivity contribution is -0.111. The van der Waals surface area contributed by atoms with Gasteiger partial charge in [0.05, 0.1) is 22.5 Å². The molecule has 6 nitrogen and oxygen atoms in total. The smallest absolute Gasteiger partial charge is 0.248 e. The third-order valence-corrected chi connectivity index (χ3v) is 3.72. The van der Waals surface area contributed by atoms with E-state index in [9.17, 15) is 4.79 Å². The summed E-state index contributed by atoms with van der Waals surface area (Å²) in [6, 6.07) is 9.09. The van der Waals surface area contributed by atoms with Crippen LogP contribution in [0.2, 0.25) is 5.15 Å². The molecule has 1 aromatic carbocycles. The van der Waals surface area contributed by atoms with E-state index < -0.39 is 0 Å². The highest BCUT2D eigenvalue weighted by Gasteiger charge is 2.05. The molecule has 2 N–H and O–H groups in total. The molecule has 0 fully saturated rings. The lowest BCUT2D eigenvalue weighted by Gasteiger charge is -2.05. The molecule has 0 aliphatic heterocycles. The number of rotatable bonds is 3. The Kier molecular flexibility index (Phi) is 4.27. The highest BCUT2D eigenvalue weighted by molar-refractivity contribution is 6.34. The zero-order valence-electron chi connectivity index (χ0n) is 12.7. The summed E-state index contributed by atoms with van der Waals surface area (Å²) in [5, 5.41) is 19.7. The fourth-order valence-electron chi connectivity index (χ4n) is 2.17. The maximum Gasteiger partial charge on any atom is 0.248 e. The second-order valence-electron chi connectivity index (χ2n) is 5.11. The van der Waals surface area contributed by atoms with Crippen molar-refractivity contribution in [3.63, 3.8) is 0 Å². The summed E-state index contributed by atoms with van der Waals surface area (Å²) in [6.45, 7) is 1.76. The molecule has 0 saturated carbocycles. The molecule has 1 amide bonds. The van der Waals surface area contributed by atoms with E-state index >= 15 is 0 Å². The van der Waals surface area contributed by atoms with Crippen molar-refractivity contribution in [3.8, 4) is 6.07 Å². The highest BCUT2D eigenvalue weighted by Crippen LogP contribution is 2.21. The second kappa shape index (κ2) is 6.52. The van der Waals surface area contributed by atoms with Gasteiger partial charge in [0.25, 0.3) is 0 Å². The number of benzene rings is 1. The maximum atomic E-state index is 12.1. The highest BCUT2D eigenvalue weighted by atomic mass is 35.5. The molecule has 0 atom stereocenters. The van der Waals surface area contributed by atoms with E-state index in [0.29, 0.717) is 22.1 Å². The molecule has 24 heavy (non-hydrogen) atoms. The van der Waals surface area contributed by atoms with Gasteiger partial charge in [-0.25, -0.2) is 0 Å². The Morgan fingerprint density at radius 1 is 1.42 bits per heavy atom. The molecule has 0 saturated heterocycles. The van der Waals surface area contributed by atoms with Crippen molar-refractivity contribution >= 4 is 40.2 Å². The summed E-state index contributed by atoms with van der Waals surface area (Å²) >= 11 is 5.95. The summed E-state index contributed by atoms with van der Waals surface area (Å²) in [6.07, 6.45) is 4.55. The van der Waals surface area contributed by atoms with Crippen molar-refractivity contribution in [2.75, 3.05) is 5.32 Å². The van der Waals surface area contributed by atoms with Gasteiger partial charge in [-0.15, -0.1) is 0 Å². The van der Waals surface area contributed by atoms with Gasteiger partial charge in [0.15, 0.2) is 0 Å². The Morgan fingerprint density at radius 3 is 3.04 bits per heavy atom. The summed E-state index contributed by atoms with van der Waals surface area (Å²) in [5.74, 6) is -0.310. The Hall–Kier alpha value is -3.17. The molecule has 2 heterocycles. The fraction of sp³-hybridized carbons (Fsp3) is 0.0588. The molecule has 0 radical (unpaired) electrons. The van der Waals surface area contributed by atoms with E-state index in [1.807, 2.05) is 24.3 Å². The quantitative estimate of drug-likeness (QED) is 0.716. The number of pyridine rings is 1. The van der Waals surface area contributed by atoms with Crippen LogP contribution in [-0.2, 0) is 4.79 Å². The Morgan fingerprint density at radius 2 is 2.25 bits per heavy atom. The molecule has 0 aliphatic carbocycles. The minimum Gasteiger partial charge on any atom is -0.321 e. The molecule has 118 valence electrons. The average Bonchev–Trinajstić information content (AvgIpc) is 2.95. The van der Waals surface area contributed by atoms with Crippen LogP contribution in [0.15, 0.2) is 36.5 Å². The molecule has 3 aromatic rings. The van der Waals surface area contributed by atoms with Crippen molar-refractivity contribution in [1.82, 2.24) is 15.2 Å². The van der Waals surface area contributed by atoms with E-state index in [2.05, 4.69) is 20.5 Å². The largest absolute Gasteiger partial charge is 0.321 e. The Balaban J connectivity index is 1.76. The van der Waals surface area contributed by atoms with E-state index in [4.69, 9.17) is 16.9 Å². The van der Waals surface area contributed by atoms with Crippen LogP contribution in [0.25, 0.3) is 17.0 Å². The molecular formula is C17H12ClN5O. The molecule has 0 unspecified atom stereocenters. The van der Waals surface area contributed by atoms with E-state index in [0.717, 1.165) is 16.5 Å². The number of nitrogens with zero attached hydrogens (tertiary/aromatic N) is 3. The fourth-order valence-corrected chi connectivity index (χ4v) is 2.37. The van der Waals surface area contributed by atoms with Crippen molar-refractivity contribution < 1.29 is 4.79 Å². The van der Waals surface area contributed by atoms with Gasteiger partial charge in [0.1, 0.15) is 11.2 Å². The van der Waals surface area contributed by atoms with Gasteiger partial charge in [0.2, 0.25) is 5.91 Å². The van der Waals surface area contributed by atoms with Crippen molar-refractivity contribution in [1.29, 1.82) is 5.26 Å². The topological polar surface area (TPSA) is 94.5 Å². The number of aromatic nitrogens is 3. The Bertz CT molecular complexity index is 1000. The zero-order chi connectivity index (χ0) is 17.1. The number of aryl methyl sites for hydroxylation is 1. The Labute approximate surface area is 142 Å². The minimum atomic E-state index is -0.310. The average molecular weight is 338 g/mol. The van der Waals surface area contributed by atoms with Gasteiger partial charge < -0.3 is 5.32 Å². The van der Waals surface area contributed by atoms with Crippen LogP contribution >= 0.6 is 11.6 Å². The van der Waals surface area contributed by atoms with Gasteiger partial charge >= 0.3 is 0 Å². The molecule has 2 aromatic heterocycles. The minimum absolute atomic E-state index is 0.310. The number of hydrogen-bond acceptors (Lipinski definition) is 4. The predicted molar refractivity (Wildman–Crippen MR) is 92.5 cm³/mol. The first-order valence-electron chi connectivity index (χ1n) is 7.06. The molecule has 0 spiro atoms. The van der Waals surface area contributed by atoms with Gasteiger partial charge in [-0.2, -0.15) is 10.4 Å². The van der Waals surface area contributed by atoms with Crippen LogP contribution in [0.4, 0.5) is 5.69 Å². The number of nitriles is 1. The van der Waals surface area contributed by atoms with E-state index in [1.54, 1.807) is 19.1 Å². The second-order valence-corrected chi connectivity index (χ2v) is 5.48. The summed E-state index contributed by atoms with van der Waals surface area (Å²) in [5.41, 5.74) is 3.09. The number of amides is 1. The molecule has 7 heteroatoms. The lowest BCUT2D eigenvalue weighted by atomic mass is 10.1. The lowest BCUT2D eigenvalue weighted by Crippen LogP contribution is -2.09. The molecule has 0 aliphatic rings. The van der Waals surface area contributed by atoms with Crippen LogP contribution in [0.3, 0.4) is 0 Å². The van der Waals surface area contributed by atoms with Gasteiger partial charge in [0, 0.05) is 17.7 Å². The SMILES string of the molecule is Cc1ncc(C#N)cc1NC(=O)/C=C/c1ccc2c(Cl)[nH]nc2c1. The van der Waals surface area contributed by atoms with Gasteiger partial charge in [-0.1, -0.05) is 17.7 Å². The van der Waals surface area contributed by atoms with Crippen molar-refractivity contribution in [2.24, 2.45) is 0 Å². The van der Waals surface area contributed by atoms with Crippen LogP contribution in [0, 0.1) is 18.3 Å². The van der Waals surface area contributed by atoms with E-state index in [-0.39, 0.29) is 5.91 Å². The normalized spacial score (nSPS) is 10.9. The summed E-state index contributed by atoms with van der Waals surface area (Å²) in [4.78, 5) is 16.1. The molecule has 0 bridgehead atoms. The third-order valence-electron chi connectivity index (χ3n) is 3.43. The van der Waals surface area contributed by atoms with Gasteiger partial charge in [-0.05, 0) is 36.8 Å². The number of carbonyl (C=O) groups is 1. The number of carbonyl (C=O) groups excluding carboxylic acids is 1. The monoisotopic (exact) mass is 337 g/mol. The first-order valence-corrected chi connectivity index (χ1v) is 7.44. The molecule has 3 rings (SSSR count). The van der Waals surface area contributed by atoms with E-state index in [1.165, 1.54) is 12.3 Å². The molecular weight excluding hydrogens is 326 g/mol. The van der Waals surface area contributed by atoms with Crippen LogP contribution in [0.1, 0.15) is 16.8 Å².